The molecule has 1 N–H and O–H groups in total. The van der Waals surface area contributed by atoms with Gasteiger partial charge in [-0.25, -0.2) is 4.79 Å². The lowest BCUT2D eigenvalue weighted by Gasteiger charge is -2.14. The topological polar surface area (TPSA) is 71.8 Å². The average molecular weight is 206 g/mol. The highest BCUT2D eigenvalue weighted by Crippen LogP contribution is 2.26. The SMILES string of the molecule is CC1(C(=O)O)CC(c2cccnc2)=NO1. The zero-order chi connectivity index (χ0) is 10.9. The summed E-state index contributed by atoms with van der Waals surface area (Å²) in [6, 6.07) is 3.59. The van der Waals surface area contributed by atoms with Crippen molar-refractivity contribution in [3.8, 4) is 0 Å². The third-order valence-electron chi connectivity index (χ3n) is 2.31. The maximum absolute atomic E-state index is 10.9. The van der Waals surface area contributed by atoms with Crippen molar-refractivity contribution in [1.82, 2.24) is 4.98 Å². The molecule has 0 aromatic carbocycles. The molecule has 5 heteroatoms. The quantitative estimate of drug-likeness (QED) is 0.785. The van der Waals surface area contributed by atoms with E-state index in [4.69, 9.17) is 9.94 Å². The largest absolute Gasteiger partial charge is 0.478 e. The van der Waals surface area contributed by atoms with Crippen molar-refractivity contribution in [2.45, 2.75) is 18.9 Å². The van der Waals surface area contributed by atoms with Gasteiger partial charge in [-0.1, -0.05) is 5.16 Å². The van der Waals surface area contributed by atoms with E-state index < -0.39 is 11.6 Å². The Morgan fingerprint density at radius 3 is 3.00 bits per heavy atom. The molecule has 1 aromatic rings. The van der Waals surface area contributed by atoms with Gasteiger partial charge in [0.05, 0.1) is 5.71 Å². The molecule has 0 saturated heterocycles. The molecular weight excluding hydrogens is 196 g/mol. The zero-order valence-corrected chi connectivity index (χ0v) is 8.17. The van der Waals surface area contributed by atoms with Gasteiger partial charge in [0, 0.05) is 24.4 Å². The molecule has 2 rings (SSSR count). The molecule has 1 atom stereocenters. The lowest BCUT2D eigenvalue weighted by Crippen LogP contribution is -2.35. The summed E-state index contributed by atoms with van der Waals surface area (Å²) < 4.78 is 0. The van der Waals surface area contributed by atoms with E-state index >= 15 is 0 Å². The number of oxime groups is 1. The minimum absolute atomic E-state index is 0.258. The van der Waals surface area contributed by atoms with E-state index in [2.05, 4.69) is 10.1 Å². The molecule has 0 saturated carbocycles. The Morgan fingerprint density at radius 2 is 2.47 bits per heavy atom. The molecule has 1 unspecified atom stereocenters. The minimum atomic E-state index is -1.24. The van der Waals surface area contributed by atoms with Crippen molar-refractivity contribution in [3.63, 3.8) is 0 Å². The number of carbonyl (C=O) groups is 1. The summed E-state index contributed by atoms with van der Waals surface area (Å²) in [5.74, 6) is -1.01. The number of hydrogen-bond donors (Lipinski definition) is 1. The van der Waals surface area contributed by atoms with Crippen LogP contribution in [0, 0.1) is 0 Å². The summed E-state index contributed by atoms with van der Waals surface area (Å²) in [4.78, 5) is 19.8. The van der Waals surface area contributed by atoms with E-state index in [-0.39, 0.29) is 6.42 Å². The Morgan fingerprint density at radius 1 is 1.67 bits per heavy atom. The van der Waals surface area contributed by atoms with Crippen molar-refractivity contribution in [3.05, 3.63) is 30.1 Å². The predicted octanol–water partition coefficient (Wildman–Crippen LogP) is 1.05. The Hall–Kier alpha value is -1.91. The van der Waals surface area contributed by atoms with Crippen molar-refractivity contribution >= 4 is 11.7 Å². The number of rotatable bonds is 2. The molecule has 2 heterocycles. The normalized spacial score (nSPS) is 24.5. The van der Waals surface area contributed by atoms with Crippen molar-refractivity contribution < 1.29 is 14.7 Å². The molecule has 0 aliphatic carbocycles. The van der Waals surface area contributed by atoms with Gasteiger partial charge in [-0.05, 0) is 19.1 Å². The number of nitrogens with zero attached hydrogens (tertiary/aromatic N) is 2. The summed E-state index contributed by atoms with van der Waals surface area (Å²) in [5.41, 5.74) is 0.168. The first-order chi connectivity index (χ1) is 7.12. The average Bonchev–Trinajstić information content (AvgIpc) is 2.64. The van der Waals surface area contributed by atoms with Gasteiger partial charge >= 0.3 is 5.97 Å². The van der Waals surface area contributed by atoms with Crippen LogP contribution in [0.1, 0.15) is 18.9 Å². The number of aliphatic carboxylic acids is 1. The van der Waals surface area contributed by atoms with Crippen LogP contribution in [0.2, 0.25) is 0 Å². The molecular formula is C10H10N2O3. The van der Waals surface area contributed by atoms with Crippen LogP contribution >= 0.6 is 0 Å². The van der Waals surface area contributed by atoms with Crippen LogP contribution in [0.15, 0.2) is 29.7 Å². The summed E-state index contributed by atoms with van der Waals surface area (Å²) in [5, 5.41) is 12.7. The fourth-order valence-electron chi connectivity index (χ4n) is 1.34. The van der Waals surface area contributed by atoms with Gasteiger partial charge < -0.3 is 9.94 Å². The molecule has 0 spiro atoms. The molecule has 1 aromatic heterocycles. The van der Waals surface area contributed by atoms with E-state index in [1.807, 2.05) is 6.07 Å². The lowest BCUT2D eigenvalue weighted by molar-refractivity contribution is -0.160. The molecule has 0 fully saturated rings. The fourth-order valence-corrected chi connectivity index (χ4v) is 1.34. The molecule has 0 amide bonds. The van der Waals surface area contributed by atoms with Crippen LogP contribution in [0.5, 0.6) is 0 Å². The van der Waals surface area contributed by atoms with Crippen LogP contribution in [-0.2, 0) is 9.63 Å². The van der Waals surface area contributed by atoms with Gasteiger partial charge in [0.25, 0.3) is 0 Å². The van der Waals surface area contributed by atoms with E-state index in [0.29, 0.717) is 5.71 Å². The van der Waals surface area contributed by atoms with Gasteiger partial charge in [-0.3, -0.25) is 4.98 Å². The Labute approximate surface area is 86.4 Å². The Kier molecular flexibility index (Phi) is 2.15. The number of hydrogen-bond acceptors (Lipinski definition) is 4. The molecule has 1 aliphatic heterocycles. The minimum Gasteiger partial charge on any atom is -0.478 e. The summed E-state index contributed by atoms with van der Waals surface area (Å²) in [6.07, 6.45) is 3.54. The van der Waals surface area contributed by atoms with E-state index in [1.165, 1.54) is 6.92 Å². The van der Waals surface area contributed by atoms with Gasteiger partial charge in [-0.15, -0.1) is 0 Å². The zero-order valence-electron chi connectivity index (χ0n) is 8.17. The van der Waals surface area contributed by atoms with E-state index in [1.54, 1.807) is 18.5 Å². The molecule has 0 radical (unpaired) electrons. The van der Waals surface area contributed by atoms with Crippen LogP contribution in [-0.4, -0.2) is 27.4 Å². The monoisotopic (exact) mass is 206 g/mol. The lowest BCUT2D eigenvalue weighted by atomic mass is 9.97. The number of carboxylic acid groups (broad SMARTS) is 1. The highest BCUT2D eigenvalue weighted by molar-refractivity contribution is 6.04. The van der Waals surface area contributed by atoms with Crippen molar-refractivity contribution in [2.24, 2.45) is 5.16 Å². The second-order valence-electron chi connectivity index (χ2n) is 3.58. The van der Waals surface area contributed by atoms with Crippen LogP contribution < -0.4 is 0 Å². The maximum Gasteiger partial charge on any atom is 0.351 e. The summed E-state index contributed by atoms with van der Waals surface area (Å²) in [7, 11) is 0. The molecule has 78 valence electrons. The standard InChI is InChI=1S/C10H10N2O3/c1-10(9(13)14)5-8(12-15-10)7-3-2-4-11-6-7/h2-4,6H,5H2,1H3,(H,13,14). The number of carboxylic acids is 1. The van der Waals surface area contributed by atoms with Crippen LogP contribution in [0.4, 0.5) is 0 Å². The Bertz CT molecular complexity index is 416. The van der Waals surface area contributed by atoms with E-state index in [9.17, 15) is 4.79 Å². The molecule has 5 nitrogen and oxygen atoms in total. The molecule has 0 bridgehead atoms. The predicted molar refractivity (Wildman–Crippen MR) is 52.5 cm³/mol. The smallest absolute Gasteiger partial charge is 0.351 e. The van der Waals surface area contributed by atoms with Gasteiger partial charge in [0.15, 0.2) is 0 Å². The van der Waals surface area contributed by atoms with Gasteiger partial charge in [0.2, 0.25) is 5.60 Å². The van der Waals surface area contributed by atoms with Crippen LogP contribution in [0.3, 0.4) is 0 Å². The highest BCUT2D eigenvalue weighted by Gasteiger charge is 2.42. The summed E-state index contributed by atoms with van der Waals surface area (Å²) >= 11 is 0. The third kappa shape index (κ3) is 1.68. The first-order valence-electron chi connectivity index (χ1n) is 4.51. The van der Waals surface area contributed by atoms with Crippen molar-refractivity contribution in [2.75, 3.05) is 0 Å². The first-order valence-corrected chi connectivity index (χ1v) is 4.51. The second kappa shape index (κ2) is 3.34. The fraction of sp³-hybridized carbons (Fsp3) is 0.300. The molecule has 1 aliphatic rings. The third-order valence-corrected chi connectivity index (χ3v) is 2.31. The highest BCUT2D eigenvalue weighted by atomic mass is 16.7. The first kappa shape index (κ1) is 9.64. The maximum atomic E-state index is 10.9. The van der Waals surface area contributed by atoms with Gasteiger partial charge in [-0.2, -0.15) is 0 Å². The van der Waals surface area contributed by atoms with Gasteiger partial charge in [0.1, 0.15) is 0 Å². The number of aromatic nitrogens is 1. The molecule has 15 heavy (non-hydrogen) atoms. The van der Waals surface area contributed by atoms with E-state index in [0.717, 1.165) is 5.56 Å². The second-order valence-corrected chi connectivity index (χ2v) is 3.58. The van der Waals surface area contributed by atoms with Crippen molar-refractivity contribution in [1.29, 1.82) is 0 Å². The summed E-state index contributed by atoms with van der Waals surface area (Å²) in [6.45, 7) is 1.50. The number of pyridine rings is 1. The Balaban J connectivity index is 2.21. The van der Waals surface area contributed by atoms with Crippen LogP contribution in [0.25, 0.3) is 0 Å².